The van der Waals surface area contributed by atoms with Crippen molar-refractivity contribution in [1.82, 2.24) is 0 Å². The van der Waals surface area contributed by atoms with Gasteiger partial charge < -0.3 is 9.53 Å². The Labute approximate surface area is 197 Å². The van der Waals surface area contributed by atoms with Gasteiger partial charge in [0.2, 0.25) is 0 Å². The lowest BCUT2D eigenvalue weighted by atomic mass is 10.1. The van der Waals surface area contributed by atoms with Crippen LogP contribution in [-0.4, -0.2) is 26.6 Å². The van der Waals surface area contributed by atoms with Crippen LogP contribution in [0.3, 0.4) is 0 Å². The van der Waals surface area contributed by atoms with Gasteiger partial charge in [0.05, 0.1) is 0 Å². The second-order valence-electron chi connectivity index (χ2n) is 9.56. The molecule has 0 bridgehead atoms. The zero-order valence-electron chi connectivity index (χ0n) is 20.4. The van der Waals surface area contributed by atoms with Crippen LogP contribution in [0.15, 0.2) is 60.7 Å². The Hall–Kier alpha value is -1.86. The summed E-state index contributed by atoms with van der Waals surface area (Å²) in [6.45, 7) is 8.11. The van der Waals surface area contributed by atoms with Gasteiger partial charge in [-0.1, -0.05) is 101 Å². The van der Waals surface area contributed by atoms with Crippen molar-refractivity contribution in [3.8, 4) is 11.8 Å². The summed E-state index contributed by atoms with van der Waals surface area (Å²) in [7, 11) is -2.38. The molecule has 0 atom stereocenters. The Balaban J connectivity index is 1.87. The van der Waals surface area contributed by atoms with Crippen molar-refractivity contribution in [3.63, 3.8) is 0 Å². The molecule has 2 aromatic rings. The first-order valence-corrected chi connectivity index (χ1v) is 14.2. The first-order chi connectivity index (χ1) is 15.5. The second-order valence-corrected chi connectivity index (χ2v) is 13.9. The minimum Gasteiger partial charge on any atom is -0.407 e. The van der Waals surface area contributed by atoms with Crippen LogP contribution in [0.4, 0.5) is 0 Å². The molecule has 174 valence electrons. The molecule has 1 N–H and O–H groups in total. The Bertz CT molecular complexity index is 760. The SMILES string of the molecule is CC(C)(C)[Si](OCCCCCCCC#CCCCCO)(c1ccccc1)c1ccccc1. The van der Waals surface area contributed by atoms with Gasteiger partial charge in [0.15, 0.2) is 0 Å². The van der Waals surface area contributed by atoms with Crippen molar-refractivity contribution in [3.05, 3.63) is 60.7 Å². The summed E-state index contributed by atoms with van der Waals surface area (Å²) in [5.41, 5.74) is 0. The van der Waals surface area contributed by atoms with E-state index in [-0.39, 0.29) is 11.6 Å². The van der Waals surface area contributed by atoms with E-state index in [1.54, 1.807) is 0 Å². The van der Waals surface area contributed by atoms with Crippen molar-refractivity contribution in [2.45, 2.75) is 83.6 Å². The Morgan fingerprint density at radius 3 is 1.66 bits per heavy atom. The maximum atomic E-state index is 8.77. The first-order valence-electron chi connectivity index (χ1n) is 12.3. The van der Waals surface area contributed by atoms with E-state index >= 15 is 0 Å². The Morgan fingerprint density at radius 2 is 1.16 bits per heavy atom. The summed E-state index contributed by atoms with van der Waals surface area (Å²) in [6, 6.07) is 21.8. The molecule has 0 unspecified atom stereocenters. The molecule has 0 fully saturated rings. The molecule has 0 heterocycles. The predicted octanol–water partition coefficient (Wildman–Crippen LogP) is 6.07. The van der Waals surface area contributed by atoms with Gasteiger partial charge in [0.25, 0.3) is 8.32 Å². The summed E-state index contributed by atoms with van der Waals surface area (Å²) in [5, 5.41) is 11.5. The molecule has 0 aromatic heterocycles. The van der Waals surface area contributed by atoms with Crippen LogP contribution in [0.25, 0.3) is 0 Å². The first kappa shape index (κ1) is 26.4. The quantitative estimate of drug-likeness (QED) is 0.228. The third kappa shape index (κ3) is 7.92. The van der Waals surface area contributed by atoms with Crippen LogP contribution in [0.2, 0.25) is 5.04 Å². The highest BCUT2D eigenvalue weighted by Gasteiger charge is 2.49. The lowest BCUT2D eigenvalue weighted by Gasteiger charge is -2.43. The van der Waals surface area contributed by atoms with E-state index in [1.165, 1.54) is 36.1 Å². The molecule has 2 nitrogen and oxygen atoms in total. The van der Waals surface area contributed by atoms with Crippen molar-refractivity contribution in [2.24, 2.45) is 0 Å². The number of aliphatic hydroxyl groups excluding tert-OH is 1. The molecule has 32 heavy (non-hydrogen) atoms. The third-order valence-corrected chi connectivity index (χ3v) is 11.1. The summed E-state index contributed by atoms with van der Waals surface area (Å²) in [5.74, 6) is 6.49. The molecule has 0 aliphatic carbocycles. The minimum atomic E-state index is -2.38. The molecule has 0 aliphatic rings. The molecule has 0 aliphatic heterocycles. The van der Waals surface area contributed by atoms with Gasteiger partial charge in [0, 0.05) is 26.1 Å². The van der Waals surface area contributed by atoms with E-state index in [0.29, 0.717) is 0 Å². The average molecular weight is 451 g/mol. The van der Waals surface area contributed by atoms with Crippen LogP contribution in [-0.2, 0) is 4.43 Å². The third-order valence-electron chi connectivity index (χ3n) is 6.02. The van der Waals surface area contributed by atoms with E-state index in [4.69, 9.17) is 9.53 Å². The minimum absolute atomic E-state index is 0.0472. The fourth-order valence-electron chi connectivity index (χ4n) is 4.33. The van der Waals surface area contributed by atoms with Gasteiger partial charge in [0.1, 0.15) is 0 Å². The highest BCUT2D eigenvalue weighted by Crippen LogP contribution is 2.36. The zero-order valence-corrected chi connectivity index (χ0v) is 21.4. The van der Waals surface area contributed by atoms with E-state index in [1.807, 2.05) is 0 Å². The smallest absolute Gasteiger partial charge is 0.261 e. The fraction of sp³-hybridized carbons (Fsp3) is 0.517. The lowest BCUT2D eigenvalue weighted by molar-refractivity contribution is 0.285. The highest BCUT2D eigenvalue weighted by atomic mass is 28.4. The summed E-state index contributed by atoms with van der Waals surface area (Å²) >= 11 is 0. The van der Waals surface area contributed by atoms with Crippen molar-refractivity contribution in [2.75, 3.05) is 13.2 Å². The normalized spacial score (nSPS) is 11.8. The van der Waals surface area contributed by atoms with Gasteiger partial charge in [-0.3, -0.25) is 0 Å². The molecular weight excluding hydrogens is 408 g/mol. The second kappa shape index (κ2) is 14.3. The molecule has 3 heteroatoms. The molecule has 2 rings (SSSR count). The molecule has 0 amide bonds. The number of unbranched alkanes of at least 4 members (excludes halogenated alkanes) is 7. The van der Waals surface area contributed by atoms with E-state index in [2.05, 4.69) is 93.3 Å². The molecule has 0 saturated carbocycles. The Kier molecular flexibility index (Phi) is 11.8. The topological polar surface area (TPSA) is 29.5 Å². The van der Waals surface area contributed by atoms with E-state index in [0.717, 1.165) is 38.7 Å². The zero-order chi connectivity index (χ0) is 23.1. The van der Waals surface area contributed by atoms with Crippen LogP contribution in [0.5, 0.6) is 0 Å². The number of hydrogen-bond donors (Lipinski definition) is 1. The lowest BCUT2D eigenvalue weighted by Crippen LogP contribution is -2.66. The standard InChI is InChI=1S/C29H42O2Si/c1-29(2,3)32(27-21-15-13-16-22-27,28-23-17-14-18-24-28)31-26-20-12-10-8-6-4-5-7-9-11-19-25-30/h13-18,21-24,30H,4,6,8-12,19-20,25-26H2,1-3H3. The average Bonchev–Trinajstić information content (AvgIpc) is 2.80. The number of rotatable bonds is 13. The van der Waals surface area contributed by atoms with Gasteiger partial charge in [-0.25, -0.2) is 0 Å². The van der Waals surface area contributed by atoms with Gasteiger partial charge >= 0.3 is 0 Å². The fourth-order valence-corrected chi connectivity index (χ4v) is 8.94. The van der Waals surface area contributed by atoms with Crippen molar-refractivity contribution < 1.29 is 9.53 Å². The summed E-state index contributed by atoms with van der Waals surface area (Å²) < 4.78 is 6.96. The molecule has 0 saturated heterocycles. The summed E-state index contributed by atoms with van der Waals surface area (Å²) in [6.07, 6.45) is 9.78. The van der Waals surface area contributed by atoms with Crippen LogP contribution >= 0.6 is 0 Å². The molecule has 2 aromatic carbocycles. The van der Waals surface area contributed by atoms with Crippen LogP contribution in [0, 0.1) is 11.8 Å². The maximum absolute atomic E-state index is 8.77. The van der Waals surface area contributed by atoms with Crippen LogP contribution in [0.1, 0.15) is 78.6 Å². The van der Waals surface area contributed by atoms with E-state index in [9.17, 15) is 0 Å². The largest absolute Gasteiger partial charge is 0.407 e. The van der Waals surface area contributed by atoms with E-state index < -0.39 is 8.32 Å². The maximum Gasteiger partial charge on any atom is 0.261 e. The number of hydrogen-bond acceptors (Lipinski definition) is 2. The molecule has 0 spiro atoms. The monoisotopic (exact) mass is 450 g/mol. The van der Waals surface area contributed by atoms with Gasteiger partial charge in [-0.05, 0) is 41.1 Å². The number of benzene rings is 2. The van der Waals surface area contributed by atoms with Crippen molar-refractivity contribution >= 4 is 18.7 Å². The Morgan fingerprint density at radius 1 is 0.688 bits per heavy atom. The molecular formula is C29H42O2Si. The molecule has 0 radical (unpaired) electrons. The van der Waals surface area contributed by atoms with Crippen LogP contribution < -0.4 is 10.4 Å². The summed E-state index contributed by atoms with van der Waals surface area (Å²) in [4.78, 5) is 0. The van der Waals surface area contributed by atoms with Crippen molar-refractivity contribution in [1.29, 1.82) is 0 Å². The van der Waals surface area contributed by atoms with Gasteiger partial charge in [-0.15, -0.1) is 11.8 Å². The predicted molar refractivity (Wildman–Crippen MR) is 140 cm³/mol. The number of aliphatic hydroxyl groups is 1. The van der Waals surface area contributed by atoms with Gasteiger partial charge in [-0.2, -0.15) is 0 Å². The highest BCUT2D eigenvalue weighted by molar-refractivity contribution is 6.99.